The highest BCUT2D eigenvalue weighted by Gasteiger charge is 2.44. The number of thioether (sulfide) groups is 1. The van der Waals surface area contributed by atoms with Gasteiger partial charge in [-0.05, 0) is 131 Å². The van der Waals surface area contributed by atoms with Crippen LogP contribution in [0.25, 0.3) is 0 Å². The molecule has 608 valence electrons. The van der Waals surface area contributed by atoms with Crippen molar-refractivity contribution in [2.75, 3.05) is 41.8 Å². The fourth-order valence-electron chi connectivity index (χ4n) is 13.1. The van der Waals surface area contributed by atoms with Gasteiger partial charge in [-0.15, -0.1) is 37.0 Å². The first-order valence-corrected chi connectivity index (χ1v) is 41.9. The molecule has 4 atom stereocenters. The minimum Gasteiger partial charge on any atom is -0.748 e. The predicted octanol–water partition coefficient (Wildman–Crippen LogP) is 7.44. The van der Waals surface area contributed by atoms with E-state index in [0.29, 0.717) is 49.9 Å². The van der Waals surface area contributed by atoms with Crippen LogP contribution >= 0.6 is 11.8 Å². The van der Waals surface area contributed by atoms with Gasteiger partial charge < -0.3 is 46.0 Å². The third kappa shape index (κ3) is 33.2. The first-order chi connectivity index (χ1) is 52.8. The predicted molar refractivity (Wildman–Crippen MR) is 411 cm³/mol. The maximum absolute atomic E-state index is 14.9. The van der Waals surface area contributed by atoms with Gasteiger partial charge in [0.15, 0.2) is 11.5 Å². The number of ketones is 2. The highest BCUT2D eigenvalue weighted by molar-refractivity contribution is 8.03. The minimum atomic E-state index is -4.43. The van der Waals surface area contributed by atoms with Crippen LogP contribution in [0.4, 0.5) is 16.2 Å². The van der Waals surface area contributed by atoms with Crippen molar-refractivity contribution in [1.29, 1.82) is 0 Å². The van der Waals surface area contributed by atoms with Crippen molar-refractivity contribution >= 4 is 124 Å². The summed E-state index contributed by atoms with van der Waals surface area (Å²) in [6, 6.07) is 29.1. The number of nitrogens with zero attached hydrogens (tertiary/aromatic N) is 2. The summed E-state index contributed by atoms with van der Waals surface area (Å²) in [6.07, 6.45) is 11.3. The number of anilines is 1. The Morgan fingerprint density at radius 3 is 1.80 bits per heavy atom. The molecule has 0 saturated carbocycles. The van der Waals surface area contributed by atoms with Gasteiger partial charge >= 0.3 is 51.3 Å². The van der Waals surface area contributed by atoms with E-state index in [4.69, 9.17) is 39.9 Å². The minimum absolute atomic E-state index is 0.00329. The second-order valence-corrected chi connectivity index (χ2v) is 32.3. The molecule has 8 N–H and O–H groups in total. The monoisotopic (exact) mass is 1650 g/mol. The zero-order valence-corrected chi connectivity index (χ0v) is 66.4. The molecular weight excluding hydrogens is 1560 g/mol. The Hall–Kier alpha value is -9.94. The van der Waals surface area contributed by atoms with E-state index >= 15 is 0 Å². The van der Waals surface area contributed by atoms with Crippen molar-refractivity contribution in [3.63, 3.8) is 0 Å². The van der Waals surface area contributed by atoms with Crippen molar-refractivity contribution in [1.82, 2.24) is 21.3 Å². The van der Waals surface area contributed by atoms with Crippen LogP contribution in [0.5, 0.6) is 0 Å². The maximum Gasteiger partial charge on any atom is 0.425 e. The third-order valence-corrected chi connectivity index (χ3v) is 21.4. The van der Waals surface area contributed by atoms with Gasteiger partial charge in [-0.3, -0.25) is 28.5 Å². The van der Waals surface area contributed by atoms with Gasteiger partial charge in [0.1, 0.15) is 24.4 Å². The molecule has 0 fully saturated rings. The Morgan fingerprint density at radius 2 is 1.21 bits per heavy atom. The number of urea groups is 1. The summed E-state index contributed by atoms with van der Waals surface area (Å²) in [4.78, 5) is 124. The lowest BCUT2D eigenvalue weighted by molar-refractivity contribution is -0.438. The maximum atomic E-state index is 14.9. The molecule has 36 heteroatoms. The summed E-state index contributed by atoms with van der Waals surface area (Å²) in [5.41, 5.74) is 8.07. The molecule has 0 aromatic heterocycles. The average Bonchev–Trinajstić information content (AvgIpc) is 1.60. The zero-order valence-electron chi connectivity index (χ0n) is 62.3. The molecule has 31 nitrogen and oxygen atoms in total. The van der Waals surface area contributed by atoms with Gasteiger partial charge in [0.25, 0.3) is 10.1 Å². The fourth-order valence-corrected chi connectivity index (χ4v) is 15.5. The largest absolute Gasteiger partial charge is 0.748 e. The summed E-state index contributed by atoms with van der Waals surface area (Å²) in [5.74, 6) is -7.83. The lowest BCUT2D eigenvalue weighted by Crippen LogP contribution is -2.48. The summed E-state index contributed by atoms with van der Waals surface area (Å²) in [5, 5.41) is 39.9. The van der Waals surface area contributed by atoms with Crippen LogP contribution in [0.1, 0.15) is 153 Å². The number of nitrogens with one attached hydrogen (secondary N) is 4. The molecule has 3 aliphatic rings. The molecule has 1 aliphatic carbocycles. The van der Waals surface area contributed by atoms with Crippen LogP contribution in [0.15, 0.2) is 155 Å². The topological polar surface area (TPSA) is 500 Å². The quantitative estimate of drug-likeness (QED) is 0.0121. The first-order valence-electron chi connectivity index (χ1n) is 35.7. The van der Waals surface area contributed by atoms with E-state index < -0.39 is 130 Å². The SMILES string of the molecule is CC1(C)C(=CC=C2CCCC(C=CC3=[N+](CCCCS(=O)(=O)O)c4ccccc4C3(C)C)=C2SC[C@H](NC(=O)[C@@H](CC(=O)[C@H](Cc2ccccc2)NC(=O)CCCCC(=O)CC[C@H](NC(=O)NCCCC(=O)O)C(=O)O)Cc2ccccc2)C(=O)O)N(CCCCS(=O)(=O)[O-])c2ccccc21.O=C=O.O=S(=O)=O.O=S(=O)=O. The van der Waals surface area contributed by atoms with Crippen molar-refractivity contribution in [3.8, 4) is 0 Å². The summed E-state index contributed by atoms with van der Waals surface area (Å²) >= 11 is 1.28. The number of carboxylic acid groups (broad SMARTS) is 3. The molecule has 4 amide bonds. The van der Waals surface area contributed by atoms with Crippen LogP contribution in [-0.4, -0.2) is 185 Å². The second kappa shape index (κ2) is 46.8. The number of carboxylic acids is 3. The molecule has 112 heavy (non-hydrogen) atoms. The number of amides is 4. The molecule has 4 aromatic carbocycles. The normalized spacial score (nSPS) is 15.7. The van der Waals surface area contributed by atoms with Gasteiger partial charge in [-0.2, -0.15) is 22.6 Å². The molecule has 0 bridgehead atoms. The van der Waals surface area contributed by atoms with E-state index in [1.54, 1.807) is 60.7 Å². The number of hydrogen-bond acceptors (Lipinski definition) is 23. The Balaban J connectivity index is 0.00000225. The second-order valence-electron chi connectivity index (χ2n) is 27.4. The number of fused-ring (bicyclic) bond motifs is 2. The molecule has 0 saturated heterocycles. The smallest absolute Gasteiger partial charge is 0.425 e. The number of hydrogen-bond donors (Lipinski definition) is 8. The molecule has 4 aromatic rings. The number of benzene rings is 4. The number of unbranched alkanes of at least 4 members (excludes halogenated alkanes) is 3. The van der Waals surface area contributed by atoms with Crippen molar-refractivity contribution in [2.24, 2.45) is 5.92 Å². The summed E-state index contributed by atoms with van der Waals surface area (Å²) in [6.45, 7) is 9.34. The van der Waals surface area contributed by atoms with Crippen LogP contribution in [0.3, 0.4) is 0 Å². The Labute approximate surface area is 657 Å². The molecule has 0 unspecified atom stereocenters. The molecular formula is C76H94N6O25S5. The summed E-state index contributed by atoms with van der Waals surface area (Å²) in [7, 11) is -14.8. The lowest BCUT2D eigenvalue weighted by atomic mass is 9.81. The molecule has 0 radical (unpaired) electrons. The molecule has 7 rings (SSSR count). The van der Waals surface area contributed by atoms with Crippen LogP contribution in [0, 0.1) is 5.92 Å². The average molecular weight is 1650 g/mol. The van der Waals surface area contributed by atoms with Gasteiger partial charge in [-0.25, -0.2) is 22.8 Å². The first kappa shape index (κ1) is 94.4. The van der Waals surface area contributed by atoms with Crippen molar-refractivity contribution in [3.05, 3.63) is 178 Å². The highest BCUT2D eigenvalue weighted by Crippen LogP contribution is 2.49. The van der Waals surface area contributed by atoms with E-state index in [-0.39, 0.29) is 107 Å². The van der Waals surface area contributed by atoms with E-state index in [1.165, 1.54) is 11.8 Å². The number of rotatable bonds is 41. The van der Waals surface area contributed by atoms with E-state index in [1.807, 2.05) is 42.5 Å². The van der Waals surface area contributed by atoms with Crippen LogP contribution in [0.2, 0.25) is 0 Å². The number of aliphatic carboxylic acids is 3. The third-order valence-electron chi connectivity index (χ3n) is 18.5. The number of carbonyl (C=O) groups is 8. The zero-order chi connectivity index (χ0) is 83.4. The standard InChI is InChI=1S/C75H94N6O17S3.CO2.2O3S/c1-74(2)57-30-12-14-32-62(57)80(43-17-19-45-100(93,94)95)65(74)40-36-53-27-21-28-54(37-41-66-75(3,4)58-31-13-15-33-63(58)81(66)44-18-20-46-101(96,97)98)69(53)99-50-61(72(90)91)78-70(87)55(47-51-23-7-5-8-24-51)49-64(83)60(48-52-25-9-6-10-26-52)77-67(84)34-16-11-29-56(82)38-39-59(71(88)89)79-73(92)76-42-22-35-68(85)86;2-1-3;2*1-4(2)3/h5-10,12-15,23-26,30-33,36-37,40-41,55,59-61H,11,16-22,27-29,34-35,38-39,42-50H2,1-4H3,(H8-,76,77,78,79,84,85,86,87,88,89,90,91,92,93,94,95,96,97,98);;;/t55-,59+,60+,61+;;;/m1.../s1. The van der Waals surface area contributed by atoms with E-state index in [0.717, 1.165) is 56.4 Å². The molecule has 2 aliphatic heterocycles. The van der Waals surface area contributed by atoms with Gasteiger partial charge in [0, 0.05) is 108 Å². The Kier molecular flexibility index (Phi) is 39.4. The Bertz CT molecular complexity index is 4620. The highest BCUT2D eigenvalue weighted by atomic mass is 32.2. The molecule has 0 spiro atoms. The van der Waals surface area contributed by atoms with E-state index in [9.17, 15) is 74.5 Å². The van der Waals surface area contributed by atoms with Gasteiger partial charge in [0.2, 0.25) is 17.5 Å². The number of Topliss-reactive ketones (excluding diaryl/α,β-unsaturated/α-hetero) is 2. The number of para-hydroxylation sites is 2. The lowest BCUT2D eigenvalue weighted by Gasteiger charge is -2.28. The van der Waals surface area contributed by atoms with Crippen molar-refractivity contribution < 1.29 is 119 Å². The number of carbonyl (C=O) groups excluding carboxylic acids is 7. The Morgan fingerprint density at radius 1 is 0.634 bits per heavy atom. The summed E-state index contributed by atoms with van der Waals surface area (Å²) < 4.78 is 121. The number of allylic oxidation sites excluding steroid dienone is 7. The van der Waals surface area contributed by atoms with Crippen molar-refractivity contribution in [2.45, 2.75) is 172 Å². The van der Waals surface area contributed by atoms with Crippen LogP contribution in [-0.2, 0) is 108 Å². The van der Waals surface area contributed by atoms with Crippen LogP contribution < -0.4 is 26.2 Å². The van der Waals surface area contributed by atoms with Gasteiger partial charge in [0.05, 0.1) is 27.3 Å². The van der Waals surface area contributed by atoms with Gasteiger partial charge in [-0.1, -0.05) is 123 Å². The van der Waals surface area contributed by atoms with E-state index in [2.05, 4.69) is 88.8 Å². The fraction of sp³-hybridized carbons (Fsp3) is 0.447. The molecule has 2 heterocycles.